The molecule has 2 aromatic rings. The van der Waals surface area contributed by atoms with E-state index < -0.39 is 69.0 Å². The maximum atomic E-state index is 14.6. The second kappa shape index (κ2) is 11.6. The van der Waals surface area contributed by atoms with Gasteiger partial charge in [-0.3, -0.25) is 28.8 Å². The molecule has 9 nitrogen and oxygen atoms in total. The molecule has 47 heavy (non-hydrogen) atoms. The molecular formula is C38H44O9. The lowest BCUT2D eigenvalue weighted by atomic mass is 9.39. The fourth-order valence-corrected chi connectivity index (χ4v) is 9.19. The highest BCUT2D eigenvalue weighted by Gasteiger charge is 2.76. The first-order valence-corrected chi connectivity index (χ1v) is 16.3. The summed E-state index contributed by atoms with van der Waals surface area (Å²) in [5.41, 5.74) is -3.19. The number of phenolic OH excluding ortho intramolecular Hbond substituents is 1. The molecule has 0 spiro atoms. The van der Waals surface area contributed by atoms with E-state index in [1.54, 1.807) is 65.1 Å². The number of ketones is 6. The van der Waals surface area contributed by atoms with Crippen LogP contribution in [0.3, 0.4) is 0 Å². The summed E-state index contributed by atoms with van der Waals surface area (Å²) >= 11 is 0. The third kappa shape index (κ3) is 5.00. The van der Waals surface area contributed by atoms with Crippen LogP contribution in [-0.4, -0.2) is 57.6 Å². The highest BCUT2D eigenvalue weighted by atomic mass is 16.5. The summed E-state index contributed by atoms with van der Waals surface area (Å²) in [5.74, 6) is -9.07. The molecule has 2 fully saturated rings. The number of aromatic hydroxyl groups is 1. The van der Waals surface area contributed by atoms with Crippen LogP contribution in [0.1, 0.15) is 93.4 Å². The maximum absolute atomic E-state index is 14.6. The number of methoxy groups -OCH3 is 1. The van der Waals surface area contributed by atoms with Crippen LogP contribution in [0, 0.1) is 34.5 Å². The van der Waals surface area contributed by atoms with E-state index in [1.165, 1.54) is 0 Å². The third-order valence-electron chi connectivity index (χ3n) is 11.1. The molecule has 250 valence electrons. The molecule has 2 saturated carbocycles. The summed E-state index contributed by atoms with van der Waals surface area (Å²) in [6.07, 6.45) is 0.0858. The molecule has 2 aromatic carbocycles. The van der Waals surface area contributed by atoms with Crippen LogP contribution in [0.2, 0.25) is 0 Å². The molecule has 5 rings (SSSR count). The molecule has 0 heterocycles. The minimum absolute atomic E-state index is 0.0105. The van der Waals surface area contributed by atoms with Crippen molar-refractivity contribution in [3.05, 3.63) is 58.1 Å². The second-order valence-electron chi connectivity index (χ2n) is 15.1. The molecule has 0 aliphatic heterocycles. The van der Waals surface area contributed by atoms with Crippen LogP contribution in [0.25, 0.3) is 0 Å². The Morgan fingerprint density at radius 1 is 0.979 bits per heavy atom. The summed E-state index contributed by atoms with van der Waals surface area (Å²) in [6.45, 7) is 11.8. The summed E-state index contributed by atoms with van der Waals surface area (Å²) in [6, 6.07) is 8.82. The van der Waals surface area contributed by atoms with E-state index in [0.29, 0.717) is 11.3 Å². The van der Waals surface area contributed by atoms with E-state index in [4.69, 9.17) is 4.74 Å². The number of carbonyl (C=O) groups excluding carboxylic acids is 6. The fraction of sp³-hybridized carbons (Fsp3) is 0.526. The van der Waals surface area contributed by atoms with Crippen molar-refractivity contribution in [3.8, 4) is 11.5 Å². The minimum Gasteiger partial charge on any atom is -0.507 e. The molecule has 0 amide bonds. The van der Waals surface area contributed by atoms with Crippen LogP contribution in [0.15, 0.2) is 30.3 Å². The van der Waals surface area contributed by atoms with Crippen LogP contribution in [0.5, 0.6) is 11.5 Å². The third-order valence-corrected chi connectivity index (χ3v) is 11.1. The van der Waals surface area contributed by atoms with Crippen molar-refractivity contribution in [2.45, 2.75) is 85.7 Å². The average molecular weight is 645 g/mol. The number of hydrogen-bond donors (Lipinski definition) is 2. The molecular weight excluding hydrogens is 600 g/mol. The lowest BCUT2D eigenvalue weighted by Crippen LogP contribution is -2.76. The van der Waals surface area contributed by atoms with Crippen molar-refractivity contribution >= 4 is 34.7 Å². The zero-order valence-corrected chi connectivity index (χ0v) is 28.4. The monoisotopic (exact) mass is 644 g/mol. The molecule has 0 aromatic heterocycles. The van der Waals surface area contributed by atoms with Crippen molar-refractivity contribution in [1.82, 2.24) is 0 Å². The van der Waals surface area contributed by atoms with Gasteiger partial charge in [-0.25, -0.2) is 0 Å². The molecule has 3 unspecified atom stereocenters. The van der Waals surface area contributed by atoms with E-state index in [2.05, 4.69) is 0 Å². The highest BCUT2D eigenvalue weighted by Crippen LogP contribution is 2.64. The predicted octanol–water partition coefficient (Wildman–Crippen LogP) is 4.58. The Morgan fingerprint density at radius 2 is 1.60 bits per heavy atom. The maximum Gasteiger partial charge on any atom is 0.190 e. The fourth-order valence-electron chi connectivity index (χ4n) is 9.19. The number of carbonyl (C=O) groups is 6. The van der Waals surface area contributed by atoms with Crippen LogP contribution >= 0.6 is 0 Å². The van der Waals surface area contributed by atoms with Gasteiger partial charge in [0, 0.05) is 29.7 Å². The summed E-state index contributed by atoms with van der Waals surface area (Å²) in [4.78, 5) is 82.6. The Balaban J connectivity index is 1.62. The molecule has 0 radical (unpaired) electrons. The molecule has 0 bridgehead atoms. The minimum atomic E-state index is -2.76. The number of ether oxygens (including phenoxy) is 1. The van der Waals surface area contributed by atoms with Crippen molar-refractivity contribution in [1.29, 1.82) is 0 Å². The topological polar surface area (TPSA) is 152 Å². The first-order chi connectivity index (χ1) is 21.8. The van der Waals surface area contributed by atoms with Gasteiger partial charge >= 0.3 is 0 Å². The van der Waals surface area contributed by atoms with Crippen molar-refractivity contribution < 1.29 is 43.7 Å². The molecule has 0 saturated heterocycles. The summed E-state index contributed by atoms with van der Waals surface area (Å²) in [5, 5.41) is 23.8. The number of aliphatic hydroxyl groups is 1. The lowest BCUT2D eigenvalue weighted by molar-refractivity contribution is -0.205. The van der Waals surface area contributed by atoms with Gasteiger partial charge in [0.2, 0.25) is 0 Å². The van der Waals surface area contributed by atoms with E-state index in [1.807, 2.05) is 13.8 Å². The quantitative estimate of drug-likeness (QED) is 0.394. The van der Waals surface area contributed by atoms with Gasteiger partial charge in [-0.15, -0.1) is 0 Å². The van der Waals surface area contributed by atoms with E-state index in [-0.39, 0.29) is 54.3 Å². The number of rotatable bonds is 8. The van der Waals surface area contributed by atoms with Crippen molar-refractivity contribution in [3.63, 3.8) is 0 Å². The number of benzene rings is 2. The van der Waals surface area contributed by atoms with Crippen molar-refractivity contribution in [2.75, 3.05) is 7.11 Å². The molecule has 6 atom stereocenters. The average Bonchev–Trinajstić information content (AvgIpc) is 2.96. The smallest absolute Gasteiger partial charge is 0.190 e. The Morgan fingerprint density at radius 3 is 2.13 bits per heavy atom. The molecule has 9 heteroatoms. The Kier molecular flexibility index (Phi) is 8.49. The SMILES string of the molecule is COc1ccc(CC(=O)Cc2cc(C(C)C)c3c(c2O)C(=O)C2C(=O)[C@@]4(O)C(=O)C(C(C)=O)C(=O)C(C(C)C)[C@@]4(C)C[C@@]2(C)C3)cc1. The highest BCUT2D eigenvalue weighted by molar-refractivity contribution is 6.32. The van der Waals surface area contributed by atoms with Gasteiger partial charge in [0.1, 0.15) is 29.0 Å². The van der Waals surface area contributed by atoms with Gasteiger partial charge in [-0.1, -0.05) is 59.7 Å². The van der Waals surface area contributed by atoms with Gasteiger partial charge in [0.05, 0.1) is 18.6 Å². The summed E-state index contributed by atoms with van der Waals surface area (Å²) in [7, 11) is 1.55. The predicted molar refractivity (Wildman–Crippen MR) is 172 cm³/mol. The molecule has 2 N–H and O–H groups in total. The Labute approximate surface area is 275 Å². The number of fused-ring (bicyclic) bond motifs is 3. The van der Waals surface area contributed by atoms with E-state index in [9.17, 15) is 39.0 Å². The van der Waals surface area contributed by atoms with Gasteiger partial charge < -0.3 is 14.9 Å². The normalized spacial score (nSPS) is 30.2. The number of phenols is 1. The standard InChI is InChI=1S/C38H44O9/c1-18(2)25-15-22(14-23(40)13-21-9-11-24(47-8)12-10-21)31(41)28-26(25)16-36(6)17-37(7)29(19(3)4)32(42)27(20(5)39)34(44)38(37,46)35(45)30(36)33(28)43/h9-12,15,18-19,27,29-30,41,46H,13-14,16-17H2,1-8H3/t27?,29?,30?,36-,37-,38+/m1/s1. The van der Waals surface area contributed by atoms with E-state index >= 15 is 0 Å². The van der Waals surface area contributed by atoms with Gasteiger partial charge in [0.15, 0.2) is 28.7 Å². The zero-order valence-electron chi connectivity index (χ0n) is 28.4. The Bertz CT molecular complexity index is 1720. The lowest BCUT2D eigenvalue weighted by Gasteiger charge is -2.62. The molecule has 3 aliphatic rings. The molecule has 3 aliphatic carbocycles. The van der Waals surface area contributed by atoms with Gasteiger partial charge in [-0.05, 0) is 65.8 Å². The Hall–Kier alpha value is -3.98. The largest absolute Gasteiger partial charge is 0.507 e. The number of hydrogen-bond acceptors (Lipinski definition) is 9. The zero-order chi connectivity index (χ0) is 35.0. The first-order valence-electron chi connectivity index (χ1n) is 16.3. The summed E-state index contributed by atoms with van der Waals surface area (Å²) < 4.78 is 5.18. The van der Waals surface area contributed by atoms with E-state index in [0.717, 1.165) is 18.1 Å². The second-order valence-corrected chi connectivity index (χ2v) is 15.1. The van der Waals surface area contributed by atoms with Gasteiger partial charge in [0.25, 0.3) is 0 Å². The van der Waals surface area contributed by atoms with Gasteiger partial charge in [-0.2, -0.15) is 0 Å². The first kappa shape index (κ1) is 34.4. The van der Waals surface area contributed by atoms with Crippen molar-refractivity contribution in [2.24, 2.45) is 34.5 Å². The van der Waals surface area contributed by atoms with Crippen LogP contribution < -0.4 is 4.74 Å². The van der Waals surface area contributed by atoms with Crippen LogP contribution in [-0.2, 0) is 43.2 Å². The number of Topliss-reactive ketones (excluding diaryl/α,β-unsaturated/α-hetero) is 6. The van der Waals surface area contributed by atoms with Crippen LogP contribution in [0.4, 0.5) is 0 Å².